The maximum atomic E-state index is 10.5. The summed E-state index contributed by atoms with van der Waals surface area (Å²) in [5.74, 6) is 0.855. The molecule has 0 aliphatic rings. The van der Waals surface area contributed by atoms with E-state index in [2.05, 4.69) is 5.32 Å². The summed E-state index contributed by atoms with van der Waals surface area (Å²) in [6, 6.07) is 3.93. The van der Waals surface area contributed by atoms with Crippen molar-refractivity contribution in [3.63, 3.8) is 0 Å². The predicted octanol–water partition coefficient (Wildman–Crippen LogP) is 1.67. The van der Waals surface area contributed by atoms with Crippen molar-refractivity contribution in [1.29, 1.82) is 0 Å². The van der Waals surface area contributed by atoms with Crippen LogP contribution >= 0.6 is 0 Å². The number of ether oxygens (including phenoxy) is 1. The molecule has 1 aromatic carbocycles. The highest BCUT2D eigenvalue weighted by atomic mass is 16.5. The summed E-state index contributed by atoms with van der Waals surface area (Å²) in [6.45, 7) is 7.17. The molecule has 19 heavy (non-hydrogen) atoms. The van der Waals surface area contributed by atoms with E-state index in [0.717, 1.165) is 28.9 Å². The Morgan fingerprint density at radius 1 is 1.32 bits per heavy atom. The highest BCUT2D eigenvalue weighted by molar-refractivity contribution is 5.42. The lowest BCUT2D eigenvalue weighted by atomic mass is 9.92. The zero-order chi connectivity index (χ0) is 14.4. The lowest BCUT2D eigenvalue weighted by Gasteiger charge is -2.25. The number of rotatable bonds is 7. The molecule has 0 spiro atoms. The van der Waals surface area contributed by atoms with Gasteiger partial charge in [-0.15, -0.1) is 0 Å². The second-order valence-corrected chi connectivity index (χ2v) is 4.82. The van der Waals surface area contributed by atoms with Gasteiger partial charge in [-0.1, -0.05) is 0 Å². The number of aliphatic hydroxyl groups excluding tert-OH is 1. The van der Waals surface area contributed by atoms with E-state index in [1.165, 1.54) is 0 Å². The number of benzene rings is 1. The van der Waals surface area contributed by atoms with E-state index in [1.54, 1.807) is 0 Å². The van der Waals surface area contributed by atoms with Gasteiger partial charge in [0.15, 0.2) is 0 Å². The third-order valence-electron chi connectivity index (χ3n) is 3.40. The van der Waals surface area contributed by atoms with Crippen LogP contribution in [0.2, 0.25) is 0 Å². The molecule has 0 radical (unpaired) electrons. The van der Waals surface area contributed by atoms with Crippen molar-refractivity contribution in [1.82, 2.24) is 5.32 Å². The van der Waals surface area contributed by atoms with Gasteiger partial charge in [0.05, 0.1) is 12.7 Å². The lowest BCUT2D eigenvalue weighted by Crippen LogP contribution is -2.34. The first-order chi connectivity index (χ1) is 9.04. The van der Waals surface area contributed by atoms with Gasteiger partial charge in [-0.3, -0.25) is 0 Å². The molecule has 4 heteroatoms. The second kappa shape index (κ2) is 7.48. The molecule has 0 fully saturated rings. The van der Waals surface area contributed by atoms with Crippen molar-refractivity contribution in [2.45, 2.75) is 39.3 Å². The molecule has 1 rings (SSSR count). The molecule has 0 saturated heterocycles. The van der Waals surface area contributed by atoms with Crippen LogP contribution in [0.1, 0.15) is 36.1 Å². The molecule has 2 unspecified atom stereocenters. The minimum absolute atomic E-state index is 0.0275. The lowest BCUT2D eigenvalue weighted by molar-refractivity contribution is 0.127. The Labute approximate surface area is 116 Å². The maximum Gasteiger partial charge on any atom is 0.119 e. The fourth-order valence-electron chi connectivity index (χ4n) is 2.49. The summed E-state index contributed by atoms with van der Waals surface area (Å²) in [5, 5.41) is 13.7. The van der Waals surface area contributed by atoms with Gasteiger partial charge in [-0.25, -0.2) is 0 Å². The normalized spacial score (nSPS) is 14.2. The maximum absolute atomic E-state index is 10.5. The number of aliphatic hydroxyl groups is 1. The Bertz CT molecular complexity index is 384. The zero-order valence-corrected chi connectivity index (χ0v) is 12.4. The van der Waals surface area contributed by atoms with Crippen LogP contribution in [-0.2, 0) is 0 Å². The molecular weight excluding hydrogens is 240 g/mol. The van der Waals surface area contributed by atoms with E-state index in [9.17, 15) is 5.11 Å². The number of likely N-dealkylation sites (N-methyl/N-ethyl adjacent to an activating group) is 1. The van der Waals surface area contributed by atoms with Crippen LogP contribution < -0.4 is 15.8 Å². The van der Waals surface area contributed by atoms with Crippen LogP contribution in [0, 0.1) is 13.8 Å². The fourth-order valence-corrected chi connectivity index (χ4v) is 2.49. The molecule has 4 nitrogen and oxygen atoms in total. The Morgan fingerprint density at radius 2 is 1.89 bits per heavy atom. The highest BCUT2D eigenvalue weighted by Crippen LogP contribution is 2.29. The molecule has 0 aromatic heterocycles. The average molecular weight is 266 g/mol. The highest BCUT2D eigenvalue weighted by Gasteiger charge is 2.22. The summed E-state index contributed by atoms with van der Waals surface area (Å²) in [5.41, 5.74) is 8.66. The molecule has 0 heterocycles. The van der Waals surface area contributed by atoms with Gasteiger partial charge in [0.2, 0.25) is 0 Å². The largest absolute Gasteiger partial charge is 0.494 e. The topological polar surface area (TPSA) is 67.5 Å². The number of hydrogen-bond acceptors (Lipinski definition) is 4. The molecule has 0 aliphatic heterocycles. The summed E-state index contributed by atoms with van der Waals surface area (Å²) in [4.78, 5) is 0. The van der Waals surface area contributed by atoms with Crippen LogP contribution in [0.4, 0.5) is 0 Å². The number of aryl methyl sites for hydroxylation is 2. The molecule has 0 bridgehead atoms. The van der Waals surface area contributed by atoms with Crippen molar-refractivity contribution in [2.24, 2.45) is 5.73 Å². The van der Waals surface area contributed by atoms with Gasteiger partial charge in [0.25, 0.3) is 0 Å². The molecule has 4 N–H and O–H groups in total. The molecule has 0 saturated carbocycles. The van der Waals surface area contributed by atoms with Crippen LogP contribution in [0.15, 0.2) is 12.1 Å². The predicted molar refractivity (Wildman–Crippen MR) is 78.6 cm³/mol. The smallest absolute Gasteiger partial charge is 0.119 e. The second-order valence-electron chi connectivity index (χ2n) is 4.82. The Morgan fingerprint density at radius 3 is 2.32 bits per heavy atom. The van der Waals surface area contributed by atoms with Gasteiger partial charge in [0, 0.05) is 6.04 Å². The molecule has 2 atom stereocenters. The summed E-state index contributed by atoms with van der Waals surface area (Å²) < 4.78 is 5.52. The molecular formula is C15H26N2O2. The standard InChI is InChI=1S/C15H26N2O2/c1-5-19-12-8-10(2)14(11(3)9-12)15(18)13(17-4)6-7-16/h8-9,13,15,17-18H,5-7,16H2,1-4H3. The Kier molecular flexibility index (Phi) is 6.28. The van der Waals surface area contributed by atoms with Crippen molar-refractivity contribution in [2.75, 3.05) is 20.2 Å². The first-order valence-electron chi connectivity index (χ1n) is 6.84. The minimum atomic E-state index is -0.552. The zero-order valence-electron chi connectivity index (χ0n) is 12.4. The van der Waals surface area contributed by atoms with E-state index < -0.39 is 6.10 Å². The van der Waals surface area contributed by atoms with E-state index in [-0.39, 0.29) is 6.04 Å². The Hall–Kier alpha value is -1.10. The van der Waals surface area contributed by atoms with Crippen LogP contribution in [0.3, 0.4) is 0 Å². The van der Waals surface area contributed by atoms with Crippen LogP contribution in [0.5, 0.6) is 5.75 Å². The minimum Gasteiger partial charge on any atom is -0.494 e. The quantitative estimate of drug-likeness (QED) is 0.702. The molecule has 1 aromatic rings. The van der Waals surface area contributed by atoms with Gasteiger partial charge in [0.1, 0.15) is 5.75 Å². The van der Waals surface area contributed by atoms with Crippen molar-refractivity contribution >= 4 is 0 Å². The number of nitrogens with one attached hydrogen (secondary N) is 1. The van der Waals surface area contributed by atoms with Gasteiger partial charge in [-0.2, -0.15) is 0 Å². The van der Waals surface area contributed by atoms with Gasteiger partial charge in [-0.05, 0) is 69.6 Å². The average Bonchev–Trinajstić information content (AvgIpc) is 2.35. The summed E-state index contributed by atoms with van der Waals surface area (Å²) in [7, 11) is 1.85. The van der Waals surface area contributed by atoms with E-state index in [4.69, 9.17) is 10.5 Å². The summed E-state index contributed by atoms with van der Waals surface area (Å²) in [6.07, 6.45) is 0.188. The number of nitrogens with two attached hydrogens (primary N) is 1. The van der Waals surface area contributed by atoms with Crippen LogP contribution in [0.25, 0.3) is 0 Å². The van der Waals surface area contributed by atoms with E-state index in [1.807, 2.05) is 40.0 Å². The van der Waals surface area contributed by atoms with E-state index in [0.29, 0.717) is 13.2 Å². The van der Waals surface area contributed by atoms with Crippen LogP contribution in [-0.4, -0.2) is 31.3 Å². The van der Waals surface area contributed by atoms with E-state index >= 15 is 0 Å². The van der Waals surface area contributed by atoms with Crippen molar-refractivity contribution in [3.05, 3.63) is 28.8 Å². The first-order valence-corrected chi connectivity index (χ1v) is 6.84. The molecule has 108 valence electrons. The molecule has 0 aliphatic carbocycles. The van der Waals surface area contributed by atoms with Gasteiger partial charge < -0.3 is 20.9 Å². The monoisotopic (exact) mass is 266 g/mol. The third kappa shape index (κ3) is 3.93. The molecule has 0 amide bonds. The third-order valence-corrected chi connectivity index (χ3v) is 3.40. The van der Waals surface area contributed by atoms with Crippen molar-refractivity contribution < 1.29 is 9.84 Å². The van der Waals surface area contributed by atoms with Gasteiger partial charge >= 0.3 is 0 Å². The van der Waals surface area contributed by atoms with Crippen molar-refractivity contribution in [3.8, 4) is 5.75 Å². The number of hydrogen-bond donors (Lipinski definition) is 3. The first kappa shape index (κ1) is 16.0. The SMILES string of the molecule is CCOc1cc(C)c(C(O)C(CCN)NC)c(C)c1. The Balaban J connectivity index is 3.05. The fraction of sp³-hybridized carbons (Fsp3) is 0.600. The summed E-state index contributed by atoms with van der Waals surface area (Å²) >= 11 is 0.